The van der Waals surface area contributed by atoms with Crippen molar-refractivity contribution in [1.29, 1.82) is 0 Å². The molecule has 0 atom stereocenters. The molecule has 41 heavy (non-hydrogen) atoms. The Kier molecular flexibility index (Phi) is 16.3. The lowest BCUT2D eigenvalue weighted by Gasteiger charge is -2.06. The first-order chi connectivity index (χ1) is 20.0. The summed E-state index contributed by atoms with van der Waals surface area (Å²) in [7, 11) is 0. The second-order valence-electron chi connectivity index (χ2n) is 8.93. The van der Waals surface area contributed by atoms with Gasteiger partial charge in [0.1, 0.15) is 17.6 Å². The summed E-state index contributed by atoms with van der Waals surface area (Å²) < 4.78 is 19.5. The Balaban J connectivity index is 0.000000289. The molecule has 220 valence electrons. The van der Waals surface area contributed by atoms with Gasteiger partial charge in [-0.25, -0.2) is 19.2 Å². The second kappa shape index (κ2) is 20.4. The van der Waals surface area contributed by atoms with Crippen molar-refractivity contribution in [3.05, 3.63) is 60.7 Å². The monoisotopic (exact) mass is 568 g/mol. The first-order valence-electron chi connectivity index (χ1n) is 13.7. The fourth-order valence-electron chi connectivity index (χ4n) is 3.63. The van der Waals surface area contributed by atoms with E-state index in [1.807, 2.05) is 0 Å². The molecule has 3 rings (SSSR count). The van der Waals surface area contributed by atoms with Gasteiger partial charge in [-0.15, -0.1) is 0 Å². The van der Waals surface area contributed by atoms with Crippen molar-refractivity contribution in [2.24, 2.45) is 20.5 Å². The normalized spacial score (nSPS) is 12.9. The van der Waals surface area contributed by atoms with E-state index in [0.29, 0.717) is 11.5 Å². The van der Waals surface area contributed by atoms with Crippen LogP contribution in [0.15, 0.2) is 81.1 Å². The number of unbranched alkanes of at least 4 members (excludes halogenated alkanes) is 5. The Morgan fingerprint density at radius 3 is 1.63 bits per heavy atom. The zero-order valence-electron chi connectivity index (χ0n) is 23.2. The van der Waals surface area contributed by atoms with Crippen LogP contribution < -0.4 is 9.47 Å². The van der Waals surface area contributed by atoms with E-state index in [0.717, 1.165) is 44.9 Å². The fourth-order valence-corrected chi connectivity index (χ4v) is 3.63. The maximum absolute atomic E-state index is 11.3. The van der Waals surface area contributed by atoms with E-state index < -0.39 is 24.4 Å². The molecular formula is C29H36N4O8. The number of carbonyl (C=O) groups is 4. The number of nitrogens with zero attached hydrogens (tertiary/aromatic N) is 4. The summed E-state index contributed by atoms with van der Waals surface area (Å²) in [5, 5.41) is 12.6. The molecule has 1 saturated carbocycles. The lowest BCUT2D eigenvalue weighted by atomic mass is 10.1. The highest BCUT2D eigenvalue weighted by atomic mass is 16.6. The highest BCUT2D eigenvalue weighted by Crippen LogP contribution is 2.21. The molecule has 0 aliphatic heterocycles. The molecular weight excluding hydrogens is 532 g/mol. The minimum absolute atomic E-state index is 0.100. The van der Waals surface area contributed by atoms with Crippen LogP contribution in [0.1, 0.15) is 71.1 Å². The zero-order valence-corrected chi connectivity index (χ0v) is 23.2. The van der Waals surface area contributed by atoms with Crippen molar-refractivity contribution in [2.75, 3.05) is 6.61 Å². The number of azo groups is 2. The van der Waals surface area contributed by atoms with Crippen LogP contribution in [0, 0.1) is 0 Å². The van der Waals surface area contributed by atoms with E-state index in [9.17, 15) is 19.2 Å². The van der Waals surface area contributed by atoms with Crippen LogP contribution in [0.5, 0.6) is 11.5 Å². The van der Waals surface area contributed by atoms with Crippen molar-refractivity contribution < 1.29 is 38.1 Å². The van der Waals surface area contributed by atoms with Gasteiger partial charge in [0.05, 0.1) is 6.61 Å². The van der Waals surface area contributed by atoms with E-state index >= 15 is 0 Å². The summed E-state index contributed by atoms with van der Waals surface area (Å²) in [6.07, 6.45) is 6.63. The SMILES string of the molecule is CCCCCCCCOC(=O)N=NC(=O)Oc1ccccc1.O=C(N=NC(=O)OC1CCCC1)Oc1ccccc1. The van der Waals surface area contributed by atoms with Gasteiger partial charge in [0.2, 0.25) is 0 Å². The highest BCUT2D eigenvalue weighted by Gasteiger charge is 2.19. The van der Waals surface area contributed by atoms with Gasteiger partial charge in [0.15, 0.2) is 0 Å². The zero-order chi connectivity index (χ0) is 29.5. The molecule has 1 aliphatic carbocycles. The standard InChI is InChI=1S/C16H22N2O4.C13H14N2O4/c1-2-3-4-5-6-10-13-21-15(19)17-18-16(20)22-14-11-8-7-9-12-14;16-12(18-10-6-2-1-3-7-10)14-15-13(17)19-11-8-4-5-9-11/h7-9,11-12H,2-6,10,13H2,1H3;1-3,6-7,11H,4-5,8-9H2. The molecule has 2 aromatic carbocycles. The summed E-state index contributed by atoms with van der Waals surface area (Å²) in [6, 6.07) is 16.9. The summed E-state index contributed by atoms with van der Waals surface area (Å²) in [5.74, 6) is 0.683. The molecule has 4 amide bonds. The molecule has 0 saturated heterocycles. The summed E-state index contributed by atoms with van der Waals surface area (Å²) in [5.41, 5.74) is 0. The van der Waals surface area contributed by atoms with Crippen molar-refractivity contribution in [3.8, 4) is 11.5 Å². The van der Waals surface area contributed by atoms with Gasteiger partial charge in [0.25, 0.3) is 0 Å². The third-order valence-corrected chi connectivity index (χ3v) is 5.62. The minimum atomic E-state index is -0.956. The molecule has 0 radical (unpaired) electrons. The molecule has 12 nitrogen and oxygen atoms in total. The number of rotatable bonds is 10. The van der Waals surface area contributed by atoms with Crippen LogP contribution in [0.4, 0.5) is 19.2 Å². The minimum Gasteiger partial charge on any atom is -0.447 e. The number of ether oxygens (including phenoxy) is 4. The first-order valence-corrected chi connectivity index (χ1v) is 13.7. The molecule has 1 aliphatic rings. The van der Waals surface area contributed by atoms with Gasteiger partial charge < -0.3 is 18.9 Å². The quantitative estimate of drug-likeness (QED) is 0.203. The number of amides is 4. The number of carbonyl (C=O) groups excluding carboxylic acids is 4. The van der Waals surface area contributed by atoms with Crippen molar-refractivity contribution in [2.45, 2.75) is 77.2 Å². The molecule has 0 N–H and O–H groups in total. The van der Waals surface area contributed by atoms with E-state index in [1.54, 1.807) is 60.7 Å². The predicted molar refractivity (Wildman–Crippen MR) is 148 cm³/mol. The largest absolute Gasteiger partial charge is 0.458 e. The van der Waals surface area contributed by atoms with E-state index in [1.165, 1.54) is 19.3 Å². The van der Waals surface area contributed by atoms with Crippen LogP contribution in [0.2, 0.25) is 0 Å². The summed E-state index contributed by atoms with van der Waals surface area (Å²) in [4.78, 5) is 45.1. The Morgan fingerprint density at radius 2 is 1.10 bits per heavy atom. The van der Waals surface area contributed by atoms with Gasteiger partial charge >= 0.3 is 24.4 Å². The van der Waals surface area contributed by atoms with E-state index in [2.05, 4.69) is 27.4 Å². The van der Waals surface area contributed by atoms with E-state index in [-0.39, 0.29) is 12.7 Å². The molecule has 2 aromatic rings. The Bertz CT molecular complexity index is 1120. The smallest absolute Gasteiger partial charge is 0.447 e. The van der Waals surface area contributed by atoms with Crippen molar-refractivity contribution in [3.63, 3.8) is 0 Å². The Morgan fingerprint density at radius 1 is 0.634 bits per heavy atom. The topological polar surface area (TPSA) is 155 Å². The van der Waals surface area contributed by atoms with Gasteiger partial charge in [-0.1, -0.05) is 95.9 Å². The maximum Gasteiger partial charge on any atom is 0.458 e. The number of hydrogen-bond acceptors (Lipinski definition) is 8. The van der Waals surface area contributed by atoms with E-state index in [4.69, 9.17) is 18.9 Å². The highest BCUT2D eigenvalue weighted by molar-refractivity contribution is 5.75. The summed E-state index contributed by atoms with van der Waals surface area (Å²) in [6.45, 7) is 2.45. The van der Waals surface area contributed by atoms with Gasteiger partial charge in [0, 0.05) is 0 Å². The lowest BCUT2D eigenvalue weighted by molar-refractivity contribution is 0.108. The number of para-hydroxylation sites is 2. The first kappa shape index (κ1) is 32.7. The van der Waals surface area contributed by atoms with Crippen LogP contribution >= 0.6 is 0 Å². The summed E-state index contributed by atoms with van der Waals surface area (Å²) >= 11 is 0. The number of hydrogen-bond donors (Lipinski definition) is 0. The Labute approximate surface area is 239 Å². The Hall–Kier alpha value is -4.48. The molecule has 0 spiro atoms. The van der Waals surface area contributed by atoms with Gasteiger partial charge in [-0.2, -0.15) is 0 Å². The second-order valence-corrected chi connectivity index (χ2v) is 8.93. The third kappa shape index (κ3) is 16.3. The van der Waals surface area contributed by atoms with Crippen molar-refractivity contribution >= 4 is 24.4 Å². The van der Waals surface area contributed by atoms with Crippen LogP contribution in [-0.2, 0) is 9.47 Å². The molecule has 12 heteroatoms. The molecule has 0 aromatic heterocycles. The van der Waals surface area contributed by atoms with Crippen LogP contribution in [-0.4, -0.2) is 37.1 Å². The lowest BCUT2D eigenvalue weighted by Crippen LogP contribution is -2.11. The van der Waals surface area contributed by atoms with Gasteiger partial charge in [-0.05, 0) is 56.4 Å². The van der Waals surface area contributed by atoms with Gasteiger partial charge in [-0.3, -0.25) is 0 Å². The molecule has 0 bridgehead atoms. The average Bonchev–Trinajstić information content (AvgIpc) is 3.49. The average molecular weight is 569 g/mol. The molecule has 1 fully saturated rings. The van der Waals surface area contributed by atoms with Crippen molar-refractivity contribution in [1.82, 2.24) is 0 Å². The van der Waals surface area contributed by atoms with Crippen LogP contribution in [0.25, 0.3) is 0 Å². The number of benzene rings is 2. The predicted octanol–water partition coefficient (Wildman–Crippen LogP) is 8.85. The molecule has 0 heterocycles. The fraction of sp³-hybridized carbons (Fsp3) is 0.448. The molecule has 0 unspecified atom stereocenters. The third-order valence-electron chi connectivity index (χ3n) is 5.62. The maximum atomic E-state index is 11.3. The van der Waals surface area contributed by atoms with Crippen LogP contribution in [0.3, 0.4) is 0 Å².